The topological polar surface area (TPSA) is 99.9 Å². The minimum absolute atomic E-state index is 0.324. The average Bonchev–Trinajstić information content (AvgIpc) is 3.20. The Labute approximate surface area is 161 Å². The van der Waals surface area contributed by atoms with Gasteiger partial charge in [0.05, 0.1) is 6.26 Å². The molecule has 0 bridgehead atoms. The van der Waals surface area contributed by atoms with Crippen LogP contribution in [0.2, 0.25) is 0 Å². The number of furan rings is 1. The van der Waals surface area contributed by atoms with Crippen molar-refractivity contribution in [2.24, 2.45) is 0 Å². The molecule has 3 aromatic rings. The van der Waals surface area contributed by atoms with Gasteiger partial charge < -0.3 is 19.7 Å². The van der Waals surface area contributed by atoms with E-state index in [9.17, 15) is 14.4 Å². The lowest BCUT2D eigenvalue weighted by atomic mass is 10.0. The van der Waals surface area contributed by atoms with Gasteiger partial charge in [0.25, 0.3) is 5.91 Å². The van der Waals surface area contributed by atoms with E-state index < -0.39 is 30.2 Å². The highest BCUT2D eigenvalue weighted by molar-refractivity contribution is 6.10. The fraction of sp³-hybridized carbons (Fsp3) is 0.190. The molecular weight excluding hydrogens is 360 g/mol. The lowest BCUT2D eigenvalue weighted by Crippen LogP contribution is -2.52. The molecule has 1 atom stereocenters. The SMILES string of the molecule is CNC(=O)C(C(=O)CO)N(C)C(=O)c1ccc(-c2ccc3ccoc3c2)cc1. The Hall–Kier alpha value is -3.45. The van der Waals surface area contributed by atoms with Crippen molar-refractivity contribution in [2.45, 2.75) is 6.04 Å². The first kappa shape index (κ1) is 19.3. The number of hydrogen-bond acceptors (Lipinski definition) is 5. The molecule has 0 saturated carbocycles. The van der Waals surface area contributed by atoms with Gasteiger partial charge in [-0.05, 0) is 35.4 Å². The van der Waals surface area contributed by atoms with E-state index in [1.807, 2.05) is 24.3 Å². The number of fused-ring (bicyclic) bond motifs is 1. The maximum absolute atomic E-state index is 12.7. The van der Waals surface area contributed by atoms with E-state index in [1.165, 1.54) is 14.1 Å². The molecular formula is C21H20N2O5. The van der Waals surface area contributed by atoms with Gasteiger partial charge in [-0.3, -0.25) is 14.4 Å². The van der Waals surface area contributed by atoms with E-state index in [0.29, 0.717) is 5.56 Å². The molecule has 3 rings (SSSR count). The van der Waals surface area contributed by atoms with Crippen LogP contribution >= 0.6 is 0 Å². The van der Waals surface area contributed by atoms with Crippen LogP contribution in [0, 0.1) is 0 Å². The highest BCUT2D eigenvalue weighted by Crippen LogP contribution is 2.25. The second-order valence-electron chi connectivity index (χ2n) is 6.31. The molecule has 0 spiro atoms. The van der Waals surface area contributed by atoms with Crippen LogP contribution in [0.15, 0.2) is 59.2 Å². The zero-order chi connectivity index (χ0) is 20.3. The van der Waals surface area contributed by atoms with Gasteiger partial charge in [0.2, 0.25) is 5.91 Å². The fourth-order valence-electron chi connectivity index (χ4n) is 3.02. The number of aliphatic hydroxyl groups excluding tert-OH is 1. The molecule has 28 heavy (non-hydrogen) atoms. The van der Waals surface area contributed by atoms with Crippen molar-refractivity contribution in [1.82, 2.24) is 10.2 Å². The smallest absolute Gasteiger partial charge is 0.254 e. The Bertz CT molecular complexity index is 1010. The van der Waals surface area contributed by atoms with Crippen molar-refractivity contribution < 1.29 is 23.9 Å². The third-order valence-electron chi connectivity index (χ3n) is 4.58. The van der Waals surface area contributed by atoms with Crippen LogP contribution in [0.1, 0.15) is 10.4 Å². The largest absolute Gasteiger partial charge is 0.464 e. The molecule has 0 radical (unpaired) electrons. The van der Waals surface area contributed by atoms with E-state index in [4.69, 9.17) is 9.52 Å². The summed E-state index contributed by atoms with van der Waals surface area (Å²) in [5.74, 6) is -1.90. The van der Waals surface area contributed by atoms with E-state index in [2.05, 4.69) is 5.32 Å². The van der Waals surface area contributed by atoms with Crippen molar-refractivity contribution in [2.75, 3.05) is 20.7 Å². The van der Waals surface area contributed by atoms with Crippen LogP contribution in [-0.4, -0.2) is 54.3 Å². The number of carbonyl (C=O) groups is 3. The number of benzene rings is 2. The summed E-state index contributed by atoms with van der Waals surface area (Å²) in [6, 6.07) is 13.2. The van der Waals surface area contributed by atoms with Crippen molar-refractivity contribution in [3.8, 4) is 11.1 Å². The Morgan fingerprint density at radius 3 is 2.39 bits per heavy atom. The molecule has 7 heteroatoms. The molecule has 1 aromatic heterocycles. The van der Waals surface area contributed by atoms with Crippen LogP contribution < -0.4 is 5.32 Å². The maximum atomic E-state index is 12.7. The summed E-state index contributed by atoms with van der Waals surface area (Å²) in [5.41, 5.74) is 2.93. The van der Waals surface area contributed by atoms with Crippen LogP contribution in [0.5, 0.6) is 0 Å². The van der Waals surface area contributed by atoms with Crippen molar-refractivity contribution in [3.63, 3.8) is 0 Å². The highest BCUT2D eigenvalue weighted by atomic mass is 16.3. The lowest BCUT2D eigenvalue weighted by molar-refractivity contribution is -0.135. The number of amides is 2. The van der Waals surface area contributed by atoms with Crippen LogP contribution in [0.25, 0.3) is 22.1 Å². The second-order valence-corrected chi connectivity index (χ2v) is 6.31. The molecule has 0 aliphatic heterocycles. The molecule has 0 saturated heterocycles. The predicted octanol–water partition coefficient (Wildman–Crippen LogP) is 1.85. The summed E-state index contributed by atoms with van der Waals surface area (Å²) >= 11 is 0. The van der Waals surface area contributed by atoms with Gasteiger partial charge in [0.1, 0.15) is 12.2 Å². The molecule has 0 aliphatic rings. The van der Waals surface area contributed by atoms with Crippen LogP contribution in [0.3, 0.4) is 0 Å². The predicted molar refractivity (Wildman–Crippen MR) is 104 cm³/mol. The van der Waals surface area contributed by atoms with E-state index in [-0.39, 0.29) is 0 Å². The minimum Gasteiger partial charge on any atom is -0.464 e. The molecule has 2 aromatic carbocycles. The Morgan fingerprint density at radius 1 is 1.07 bits per heavy atom. The molecule has 1 unspecified atom stereocenters. The molecule has 1 heterocycles. The van der Waals surface area contributed by atoms with Crippen LogP contribution in [0.4, 0.5) is 0 Å². The fourth-order valence-corrected chi connectivity index (χ4v) is 3.02. The quantitative estimate of drug-likeness (QED) is 0.636. The number of aliphatic hydroxyl groups is 1. The van der Waals surface area contributed by atoms with Gasteiger partial charge in [-0.25, -0.2) is 0 Å². The van der Waals surface area contributed by atoms with Gasteiger partial charge in [0, 0.05) is 25.0 Å². The summed E-state index contributed by atoms with van der Waals surface area (Å²) < 4.78 is 5.41. The molecule has 0 fully saturated rings. The van der Waals surface area contributed by atoms with E-state index >= 15 is 0 Å². The number of nitrogens with one attached hydrogen (secondary N) is 1. The number of Topliss-reactive ketones (excluding diaryl/α,β-unsaturated/α-hetero) is 1. The Morgan fingerprint density at radius 2 is 1.75 bits per heavy atom. The van der Waals surface area contributed by atoms with Crippen molar-refractivity contribution >= 4 is 28.6 Å². The van der Waals surface area contributed by atoms with Crippen molar-refractivity contribution in [1.29, 1.82) is 0 Å². The number of rotatable bonds is 6. The number of carbonyl (C=O) groups excluding carboxylic acids is 3. The first-order valence-corrected chi connectivity index (χ1v) is 8.66. The standard InChI is InChI=1S/C21H20N2O5/c1-22-20(26)19(17(25)12-24)23(2)21(27)15-6-3-13(4-7-15)16-8-5-14-9-10-28-18(14)11-16/h3-11,19,24H,12H2,1-2H3,(H,22,26). The normalized spacial score (nSPS) is 11.8. The number of nitrogens with zero attached hydrogens (tertiary/aromatic N) is 1. The molecule has 2 amide bonds. The summed E-state index contributed by atoms with van der Waals surface area (Å²) in [6.45, 7) is -0.829. The van der Waals surface area contributed by atoms with Gasteiger partial charge >= 0.3 is 0 Å². The van der Waals surface area contributed by atoms with Crippen LogP contribution in [-0.2, 0) is 9.59 Å². The zero-order valence-corrected chi connectivity index (χ0v) is 15.5. The monoisotopic (exact) mass is 380 g/mol. The van der Waals surface area contributed by atoms with Gasteiger partial charge in [-0.1, -0.05) is 24.3 Å². The summed E-state index contributed by atoms with van der Waals surface area (Å²) in [5, 5.41) is 12.4. The molecule has 144 valence electrons. The summed E-state index contributed by atoms with van der Waals surface area (Å²) in [7, 11) is 2.72. The summed E-state index contributed by atoms with van der Waals surface area (Å²) in [4.78, 5) is 37.6. The third kappa shape index (κ3) is 3.65. The molecule has 7 nitrogen and oxygen atoms in total. The molecule has 2 N–H and O–H groups in total. The third-order valence-corrected chi connectivity index (χ3v) is 4.58. The number of likely N-dealkylation sites (N-methyl/N-ethyl adjacent to an activating group) is 2. The van der Waals surface area contributed by atoms with Gasteiger partial charge in [-0.15, -0.1) is 0 Å². The Kier molecular flexibility index (Phi) is 5.56. The first-order chi connectivity index (χ1) is 13.5. The summed E-state index contributed by atoms with van der Waals surface area (Å²) in [6.07, 6.45) is 1.63. The Balaban J connectivity index is 1.84. The molecule has 0 aliphatic carbocycles. The second kappa shape index (κ2) is 8.06. The maximum Gasteiger partial charge on any atom is 0.254 e. The average molecular weight is 380 g/mol. The highest BCUT2D eigenvalue weighted by Gasteiger charge is 2.32. The first-order valence-electron chi connectivity index (χ1n) is 8.66. The lowest BCUT2D eigenvalue weighted by Gasteiger charge is -2.25. The van der Waals surface area contributed by atoms with Gasteiger partial charge in [0.15, 0.2) is 11.8 Å². The van der Waals surface area contributed by atoms with E-state index in [1.54, 1.807) is 30.5 Å². The van der Waals surface area contributed by atoms with E-state index in [0.717, 1.165) is 27.0 Å². The van der Waals surface area contributed by atoms with Crippen molar-refractivity contribution in [3.05, 3.63) is 60.4 Å². The van der Waals surface area contributed by atoms with Gasteiger partial charge in [-0.2, -0.15) is 0 Å². The number of hydrogen-bond donors (Lipinski definition) is 2. The zero-order valence-electron chi connectivity index (χ0n) is 15.5. The number of ketones is 1. The minimum atomic E-state index is -1.39.